The molecule has 0 amide bonds. The number of hydrogen-bond acceptors (Lipinski definition) is 2. The molecule has 0 radical (unpaired) electrons. The average molecular weight is 306 g/mol. The molecule has 0 heterocycles. The number of nitrogens with one attached hydrogen (secondary N) is 1. The first-order chi connectivity index (χ1) is 10.2. The van der Waals surface area contributed by atoms with Gasteiger partial charge in [0.1, 0.15) is 11.6 Å². The molecular formula is C17H17ClFNO. The zero-order valence-corrected chi connectivity index (χ0v) is 12.6. The van der Waals surface area contributed by atoms with Crippen LogP contribution < -0.4 is 10.1 Å². The summed E-state index contributed by atoms with van der Waals surface area (Å²) >= 11 is 5.84. The highest BCUT2D eigenvalue weighted by molar-refractivity contribution is 6.31. The smallest absolute Gasteiger partial charge is 0.141 e. The third kappa shape index (κ3) is 2.98. The van der Waals surface area contributed by atoms with E-state index in [1.54, 1.807) is 19.2 Å². The van der Waals surface area contributed by atoms with Crippen molar-refractivity contribution in [3.05, 3.63) is 58.4 Å². The Balaban J connectivity index is 1.88. The highest BCUT2D eigenvalue weighted by Gasteiger charge is 2.21. The van der Waals surface area contributed by atoms with Crippen molar-refractivity contribution in [2.24, 2.45) is 0 Å². The number of ether oxygens (including phenoxy) is 1. The lowest BCUT2D eigenvalue weighted by atomic mass is 9.87. The maximum Gasteiger partial charge on any atom is 0.141 e. The predicted octanol–water partition coefficient (Wildman–Crippen LogP) is 4.98. The summed E-state index contributed by atoms with van der Waals surface area (Å²) in [7, 11) is 1.67. The maximum atomic E-state index is 13.2. The van der Waals surface area contributed by atoms with E-state index in [-0.39, 0.29) is 11.1 Å². The van der Waals surface area contributed by atoms with E-state index in [0.29, 0.717) is 0 Å². The van der Waals surface area contributed by atoms with Crippen LogP contribution in [-0.4, -0.2) is 7.11 Å². The van der Waals surface area contributed by atoms with Gasteiger partial charge in [0.2, 0.25) is 0 Å². The zero-order chi connectivity index (χ0) is 14.8. The van der Waals surface area contributed by atoms with Gasteiger partial charge in [-0.15, -0.1) is 0 Å². The Kier molecular flexibility index (Phi) is 4.02. The largest absolute Gasteiger partial charge is 0.497 e. The van der Waals surface area contributed by atoms with Crippen LogP contribution in [0.3, 0.4) is 0 Å². The fourth-order valence-electron chi connectivity index (χ4n) is 2.84. The molecule has 1 aliphatic rings. The molecule has 0 spiro atoms. The second-order valence-corrected chi connectivity index (χ2v) is 5.69. The van der Waals surface area contributed by atoms with E-state index in [9.17, 15) is 4.39 Å². The highest BCUT2D eigenvalue weighted by atomic mass is 35.5. The van der Waals surface area contributed by atoms with Crippen LogP contribution in [0.1, 0.15) is 30.0 Å². The quantitative estimate of drug-likeness (QED) is 0.863. The van der Waals surface area contributed by atoms with Gasteiger partial charge in [-0.1, -0.05) is 17.7 Å². The maximum absolute atomic E-state index is 13.2. The van der Waals surface area contributed by atoms with E-state index in [1.165, 1.54) is 17.2 Å². The molecule has 1 atom stereocenters. The summed E-state index contributed by atoms with van der Waals surface area (Å²) in [4.78, 5) is 0. The van der Waals surface area contributed by atoms with Gasteiger partial charge < -0.3 is 10.1 Å². The molecule has 2 aromatic carbocycles. The standard InChI is InChI=1S/C17H17ClFNO/c1-21-13-7-5-11-3-2-4-17(14(11)10-13)20-12-6-8-16(19)15(18)9-12/h5-10,17,20H,2-4H2,1H3. The van der Waals surface area contributed by atoms with Gasteiger partial charge in [0, 0.05) is 5.69 Å². The normalized spacial score (nSPS) is 17.2. The molecule has 0 bridgehead atoms. The molecule has 2 nitrogen and oxygen atoms in total. The Labute approximate surface area is 128 Å². The Bertz CT molecular complexity index is 659. The summed E-state index contributed by atoms with van der Waals surface area (Å²) < 4.78 is 18.6. The van der Waals surface area contributed by atoms with Crippen molar-refractivity contribution in [3.63, 3.8) is 0 Å². The van der Waals surface area contributed by atoms with Crippen molar-refractivity contribution >= 4 is 17.3 Å². The Hall–Kier alpha value is -1.74. The summed E-state index contributed by atoms with van der Waals surface area (Å²) in [5.41, 5.74) is 3.43. The number of hydrogen-bond donors (Lipinski definition) is 1. The van der Waals surface area contributed by atoms with E-state index in [4.69, 9.17) is 16.3 Å². The van der Waals surface area contributed by atoms with Gasteiger partial charge >= 0.3 is 0 Å². The first-order valence-corrected chi connectivity index (χ1v) is 7.43. The van der Waals surface area contributed by atoms with Crippen molar-refractivity contribution in [1.29, 1.82) is 0 Å². The molecule has 0 aromatic heterocycles. The van der Waals surface area contributed by atoms with Crippen LogP contribution in [0.4, 0.5) is 10.1 Å². The number of halogens is 2. The first kappa shape index (κ1) is 14.2. The van der Waals surface area contributed by atoms with Gasteiger partial charge in [-0.3, -0.25) is 0 Å². The van der Waals surface area contributed by atoms with Crippen LogP contribution in [0.2, 0.25) is 5.02 Å². The average Bonchev–Trinajstić information content (AvgIpc) is 2.51. The van der Waals surface area contributed by atoms with Crippen LogP contribution >= 0.6 is 11.6 Å². The highest BCUT2D eigenvalue weighted by Crippen LogP contribution is 2.35. The van der Waals surface area contributed by atoms with Crippen molar-refractivity contribution in [2.45, 2.75) is 25.3 Å². The first-order valence-electron chi connectivity index (χ1n) is 7.06. The number of aryl methyl sites for hydroxylation is 1. The van der Waals surface area contributed by atoms with Crippen LogP contribution in [-0.2, 0) is 6.42 Å². The van der Waals surface area contributed by atoms with Crippen LogP contribution in [0, 0.1) is 5.82 Å². The lowest BCUT2D eigenvalue weighted by Gasteiger charge is -2.27. The Morgan fingerprint density at radius 1 is 1.24 bits per heavy atom. The Morgan fingerprint density at radius 2 is 2.10 bits per heavy atom. The van der Waals surface area contributed by atoms with Crippen molar-refractivity contribution in [2.75, 3.05) is 12.4 Å². The fraction of sp³-hybridized carbons (Fsp3) is 0.294. The van der Waals surface area contributed by atoms with Crippen LogP contribution in [0.5, 0.6) is 5.75 Å². The van der Waals surface area contributed by atoms with Crippen molar-refractivity contribution in [3.8, 4) is 5.75 Å². The summed E-state index contributed by atoms with van der Waals surface area (Å²) in [6.07, 6.45) is 3.25. The van der Waals surface area contributed by atoms with Gasteiger partial charge in [0.15, 0.2) is 0 Å². The zero-order valence-electron chi connectivity index (χ0n) is 11.8. The van der Waals surface area contributed by atoms with Gasteiger partial charge in [-0.05, 0) is 60.7 Å². The van der Waals surface area contributed by atoms with Gasteiger partial charge in [0.25, 0.3) is 0 Å². The summed E-state index contributed by atoms with van der Waals surface area (Å²) in [5.74, 6) is 0.465. The SMILES string of the molecule is COc1ccc2c(c1)C(Nc1ccc(F)c(Cl)c1)CCC2. The van der Waals surface area contributed by atoms with E-state index in [1.807, 2.05) is 6.07 Å². The van der Waals surface area contributed by atoms with Crippen LogP contribution in [0.15, 0.2) is 36.4 Å². The second kappa shape index (κ2) is 5.94. The minimum atomic E-state index is -0.395. The van der Waals surface area contributed by atoms with Crippen molar-refractivity contribution in [1.82, 2.24) is 0 Å². The third-order valence-corrected chi connectivity index (χ3v) is 4.22. The molecule has 1 N–H and O–H groups in total. The molecule has 110 valence electrons. The topological polar surface area (TPSA) is 21.3 Å². The number of methoxy groups -OCH3 is 1. The monoisotopic (exact) mass is 305 g/mol. The number of fused-ring (bicyclic) bond motifs is 1. The Morgan fingerprint density at radius 3 is 2.86 bits per heavy atom. The lowest BCUT2D eigenvalue weighted by Crippen LogP contribution is -2.17. The molecule has 0 fully saturated rings. The minimum Gasteiger partial charge on any atom is -0.497 e. The summed E-state index contributed by atoms with van der Waals surface area (Å²) in [5, 5.41) is 3.59. The molecule has 1 unspecified atom stereocenters. The fourth-order valence-corrected chi connectivity index (χ4v) is 3.02. The van der Waals surface area contributed by atoms with Crippen LogP contribution in [0.25, 0.3) is 0 Å². The predicted molar refractivity (Wildman–Crippen MR) is 83.7 cm³/mol. The molecule has 1 aliphatic carbocycles. The lowest BCUT2D eigenvalue weighted by molar-refractivity contribution is 0.413. The minimum absolute atomic E-state index is 0.140. The summed E-state index contributed by atoms with van der Waals surface area (Å²) in [6.45, 7) is 0. The molecule has 0 saturated heterocycles. The van der Waals surface area contributed by atoms with Gasteiger partial charge in [-0.25, -0.2) is 4.39 Å². The van der Waals surface area contributed by atoms with E-state index in [2.05, 4.69) is 17.4 Å². The number of rotatable bonds is 3. The van der Waals surface area contributed by atoms with Gasteiger partial charge in [-0.2, -0.15) is 0 Å². The molecule has 0 saturated carbocycles. The molecule has 3 rings (SSSR count). The third-order valence-electron chi connectivity index (χ3n) is 3.93. The molecule has 2 aromatic rings. The molecule has 0 aliphatic heterocycles. The van der Waals surface area contributed by atoms with Crippen molar-refractivity contribution < 1.29 is 9.13 Å². The van der Waals surface area contributed by atoms with E-state index in [0.717, 1.165) is 30.7 Å². The number of anilines is 1. The van der Waals surface area contributed by atoms with Gasteiger partial charge in [0.05, 0.1) is 18.2 Å². The summed E-state index contributed by atoms with van der Waals surface area (Å²) in [6, 6.07) is 11.1. The van der Waals surface area contributed by atoms with E-state index < -0.39 is 5.82 Å². The molecular weight excluding hydrogens is 289 g/mol. The number of benzene rings is 2. The molecule has 4 heteroatoms. The van der Waals surface area contributed by atoms with E-state index >= 15 is 0 Å². The molecule has 21 heavy (non-hydrogen) atoms. The second-order valence-electron chi connectivity index (χ2n) is 5.28.